The van der Waals surface area contributed by atoms with Crippen molar-refractivity contribution in [2.24, 2.45) is 5.73 Å². The van der Waals surface area contributed by atoms with Crippen molar-refractivity contribution in [1.29, 1.82) is 0 Å². The van der Waals surface area contributed by atoms with Crippen LogP contribution in [0.4, 0.5) is 19.0 Å². The second kappa shape index (κ2) is 6.19. The first-order valence-electron chi connectivity index (χ1n) is 5.94. The van der Waals surface area contributed by atoms with E-state index in [4.69, 9.17) is 17.3 Å². The van der Waals surface area contributed by atoms with Gasteiger partial charge in [-0.25, -0.2) is 9.97 Å². The third-order valence-electron chi connectivity index (χ3n) is 2.54. The fourth-order valence-corrected chi connectivity index (χ4v) is 2.48. The molecule has 2 rings (SSSR count). The van der Waals surface area contributed by atoms with Crippen molar-refractivity contribution in [3.8, 4) is 0 Å². The highest BCUT2D eigenvalue weighted by Gasteiger charge is 2.34. The Morgan fingerprint density at radius 2 is 2.09 bits per heavy atom. The number of amides is 1. The SMILES string of the molecule is CC(N)c1ncc(C(=O)Nc2cc(C(F)(F)F)c(Cl)cn2)s1. The Labute approximate surface area is 132 Å². The molecule has 0 spiro atoms. The molecule has 2 aromatic rings. The van der Waals surface area contributed by atoms with Crippen LogP contribution in [0.2, 0.25) is 5.02 Å². The van der Waals surface area contributed by atoms with E-state index in [2.05, 4.69) is 15.3 Å². The molecule has 0 radical (unpaired) electrons. The largest absolute Gasteiger partial charge is 0.418 e. The van der Waals surface area contributed by atoms with Gasteiger partial charge in [-0.1, -0.05) is 11.6 Å². The van der Waals surface area contributed by atoms with Crippen LogP contribution in [0.15, 0.2) is 18.5 Å². The number of carbonyl (C=O) groups excluding carboxylic acids is 1. The number of nitrogens with one attached hydrogen (secondary N) is 1. The van der Waals surface area contributed by atoms with E-state index >= 15 is 0 Å². The molecule has 0 aliphatic rings. The van der Waals surface area contributed by atoms with E-state index in [0.29, 0.717) is 11.1 Å². The maximum atomic E-state index is 12.7. The van der Waals surface area contributed by atoms with Crippen molar-refractivity contribution < 1.29 is 18.0 Å². The van der Waals surface area contributed by atoms with Gasteiger partial charge >= 0.3 is 6.18 Å². The molecule has 118 valence electrons. The van der Waals surface area contributed by atoms with Crippen molar-refractivity contribution in [3.63, 3.8) is 0 Å². The summed E-state index contributed by atoms with van der Waals surface area (Å²) in [5.74, 6) is -0.871. The van der Waals surface area contributed by atoms with Gasteiger partial charge in [0.15, 0.2) is 0 Å². The fraction of sp³-hybridized carbons (Fsp3) is 0.250. The van der Waals surface area contributed by atoms with Crippen molar-refractivity contribution in [3.05, 3.63) is 38.9 Å². The van der Waals surface area contributed by atoms with Gasteiger partial charge in [-0.05, 0) is 13.0 Å². The van der Waals surface area contributed by atoms with Crippen LogP contribution in [0.5, 0.6) is 0 Å². The Hall–Kier alpha value is -1.71. The highest BCUT2D eigenvalue weighted by Crippen LogP contribution is 2.35. The topological polar surface area (TPSA) is 80.9 Å². The van der Waals surface area contributed by atoms with Gasteiger partial charge in [-0.3, -0.25) is 4.79 Å². The molecule has 0 fully saturated rings. The Morgan fingerprint density at radius 3 is 2.64 bits per heavy atom. The zero-order chi connectivity index (χ0) is 16.5. The van der Waals surface area contributed by atoms with Crippen LogP contribution < -0.4 is 11.1 Å². The molecule has 0 saturated carbocycles. The summed E-state index contributed by atoms with van der Waals surface area (Å²) < 4.78 is 38.2. The zero-order valence-corrected chi connectivity index (χ0v) is 12.7. The molecule has 0 aliphatic heterocycles. The van der Waals surface area contributed by atoms with Crippen LogP contribution >= 0.6 is 22.9 Å². The minimum absolute atomic E-state index is 0.220. The second-order valence-corrected chi connectivity index (χ2v) is 5.82. The Kier molecular flexibility index (Phi) is 4.69. The van der Waals surface area contributed by atoms with E-state index in [1.165, 1.54) is 6.20 Å². The van der Waals surface area contributed by atoms with E-state index in [1.807, 2.05) is 0 Å². The fourth-order valence-electron chi connectivity index (χ4n) is 1.51. The molecule has 5 nitrogen and oxygen atoms in total. The van der Waals surface area contributed by atoms with Gasteiger partial charge < -0.3 is 11.1 Å². The minimum atomic E-state index is -4.63. The van der Waals surface area contributed by atoms with Gasteiger partial charge in [0.1, 0.15) is 15.7 Å². The third kappa shape index (κ3) is 3.73. The van der Waals surface area contributed by atoms with Crippen molar-refractivity contribution >= 4 is 34.7 Å². The second-order valence-electron chi connectivity index (χ2n) is 4.35. The molecular weight excluding hydrogens is 341 g/mol. The summed E-state index contributed by atoms with van der Waals surface area (Å²) in [6, 6.07) is 0.338. The number of thiazole rings is 1. The van der Waals surface area contributed by atoms with E-state index in [9.17, 15) is 18.0 Å². The van der Waals surface area contributed by atoms with E-state index in [-0.39, 0.29) is 16.7 Å². The van der Waals surface area contributed by atoms with Gasteiger partial charge in [0.2, 0.25) is 0 Å². The average molecular weight is 351 g/mol. The highest BCUT2D eigenvalue weighted by atomic mass is 35.5. The summed E-state index contributed by atoms with van der Waals surface area (Å²) in [5, 5.41) is 2.28. The molecule has 2 aromatic heterocycles. The van der Waals surface area contributed by atoms with Gasteiger partial charge in [0, 0.05) is 6.20 Å². The van der Waals surface area contributed by atoms with Crippen LogP contribution in [-0.4, -0.2) is 15.9 Å². The smallest absolute Gasteiger partial charge is 0.322 e. The number of hydrogen-bond acceptors (Lipinski definition) is 5. The average Bonchev–Trinajstić information content (AvgIpc) is 2.89. The van der Waals surface area contributed by atoms with Crippen LogP contribution in [0.1, 0.15) is 33.2 Å². The van der Waals surface area contributed by atoms with Crippen molar-refractivity contribution in [1.82, 2.24) is 9.97 Å². The molecule has 1 atom stereocenters. The number of anilines is 1. The first-order chi connectivity index (χ1) is 10.2. The molecule has 3 N–H and O–H groups in total. The number of halogens is 4. The summed E-state index contributed by atoms with van der Waals surface area (Å²) in [6.45, 7) is 1.71. The number of alkyl halides is 3. The highest BCUT2D eigenvalue weighted by molar-refractivity contribution is 7.13. The summed E-state index contributed by atoms with van der Waals surface area (Å²) in [5.41, 5.74) is 4.56. The molecule has 0 saturated heterocycles. The van der Waals surface area contributed by atoms with Crippen molar-refractivity contribution in [2.45, 2.75) is 19.1 Å². The van der Waals surface area contributed by atoms with Crippen molar-refractivity contribution in [2.75, 3.05) is 5.32 Å². The maximum Gasteiger partial charge on any atom is 0.418 e. The molecule has 0 bridgehead atoms. The maximum absolute atomic E-state index is 12.7. The van der Waals surface area contributed by atoms with Crippen LogP contribution in [0.25, 0.3) is 0 Å². The number of rotatable bonds is 3. The summed E-state index contributed by atoms with van der Waals surface area (Å²) in [6.07, 6.45) is -2.49. The minimum Gasteiger partial charge on any atom is -0.322 e. The van der Waals surface area contributed by atoms with Crippen LogP contribution in [0, 0.1) is 0 Å². The van der Waals surface area contributed by atoms with Gasteiger partial charge in [-0.2, -0.15) is 13.2 Å². The zero-order valence-electron chi connectivity index (χ0n) is 11.1. The lowest BCUT2D eigenvalue weighted by Crippen LogP contribution is -2.13. The number of carbonyl (C=O) groups is 1. The van der Waals surface area contributed by atoms with Crippen LogP contribution in [-0.2, 0) is 6.18 Å². The predicted octanol–water partition coefficient (Wildman–Crippen LogP) is 3.48. The summed E-state index contributed by atoms with van der Waals surface area (Å²) >= 11 is 6.51. The summed E-state index contributed by atoms with van der Waals surface area (Å²) in [4.78, 5) is 19.8. The quantitative estimate of drug-likeness (QED) is 0.888. The number of aromatic nitrogens is 2. The number of pyridine rings is 1. The lowest BCUT2D eigenvalue weighted by atomic mass is 10.2. The van der Waals surface area contributed by atoms with E-state index in [0.717, 1.165) is 17.5 Å². The lowest BCUT2D eigenvalue weighted by molar-refractivity contribution is -0.137. The predicted molar refractivity (Wildman–Crippen MR) is 76.9 cm³/mol. The van der Waals surface area contributed by atoms with Crippen LogP contribution in [0.3, 0.4) is 0 Å². The molecular formula is C12H10ClF3N4OS. The lowest BCUT2D eigenvalue weighted by Gasteiger charge is -2.10. The van der Waals surface area contributed by atoms with E-state index < -0.39 is 22.7 Å². The molecule has 10 heteroatoms. The monoisotopic (exact) mass is 350 g/mol. The summed E-state index contributed by atoms with van der Waals surface area (Å²) in [7, 11) is 0. The normalized spacial score (nSPS) is 13.0. The number of nitrogens with zero attached hydrogens (tertiary/aromatic N) is 2. The Morgan fingerprint density at radius 1 is 1.41 bits per heavy atom. The third-order valence-corrected chi connectivity index (χ3v) is 4.04. The Bertz CT molecular complexity index is 702. The number of hydrogen-bond donors (Lipinski definition) is 2. The Balaban J connectivity index is 2.21. The molecule has 22 heavy (non-hydrogen) atoms. The van der Waals surface area contributed by atoms with Gasteiger partial charge in [-0.15, -0.1) is 11.3 Å². The molecule has 1 unspecified atom stereocenters. The first-order valence-corrected chi connectivity index (χ1v) is 7.13. The molecule has 1 amide bonds. The van der Waals surface area contributed by atoms with E-state index in [1.54, 1.807) is 6.92 Å². The van der Waals surface area contributed by atoms with Gasteiger partial charge in [0.25, 0.3) is 5.91 Å². The first kappa shape index (κ1) is 16.7. The molecule has 0 aliphatic carbocycles. The molecule has 0 aromatic carbocycles. The molecule has 2 heterocycles. The standard InChI is InChI=1S/C12H10ClF3N4OS/c1-5(17)11-19-4-8(22-11)10(21)20-9-2-6(12(14,15)16)7(13)3-18-9/h2-5H,17H2,1H3,(H,18,20,21). The van der Waals surface area contributed by atoms with Gasteiger partial charge in [0.05, 0.1) is 22.8 Å². The number of nitrogens with two attached hydrogens (primary N) is 1.